The molecule has 5 nitrogen and oxygen atoms in total. The monoisotopic (exact) mass is 199 g/mol. The third kappa shape index (κ3) is 2.23. The smallest absolute Gasteiger partial charge is 0.244 e. The van der Waals surface area contributed by atoms with Gasteiger partial charge in [-0.1, -0.05) is 6.92 Å². The Bertz CT molecular complexity index is 242. The second-order valence-corrected chi connectivity index (χ2v) is 3.62. The molecular weight excluding hydrogens is 182 g/mol. The largest absolute Gasteiger partial charge is 0.344 e. The van der Waals surface area contributed by atoms with E-state index in [1.54, 1.807) is 11.9 Å². The maximum atomic E-state index is 11.4. The van der Waals surface area contributed by atoms with E-state index in [1.165, 1.54) is 0 Å². The van der Waals surface area contributed by atoms with Crippen LogP contribution in [-0.4, -0.2) is 42.4 Å². The summed E-state index contributed by atoms with van der Waals surface area (Å²) in [5.41, 5.74) is 5.54. The fraction of sp³-hybridized carbons (Fsp3) is 0.778. The zero-order chi connectivity index (χ0) is 10.7. The Morgan fingerprint density at radius 3 is 2.86 bits per heavy atom. The van der Waals surface area contributed by atoms with Crippen LogP contribution in [-0.2, 0) is 9.59 Å². The summed E-state index contributed by atoms with van der Waals surface area (Å²) in [5.74, 6) is -0.261. The van der Waals surface area contributed by atoms with Crippen LogP contribution in [0.1, 0.15) is 19.8 Å². The summed E-state index contributed by atoms with van der Waals surface area (Å²) in [6.45, 7) is 2.54. The Kier molecular flexibility index (Phi) is 3.46. The molecule has 14 heavy (non-hydrogen) atoms. The lowest BCUT2D eigenvalue weighted by Gasteiger charge is -2.14. The summed E-state index contributed by atoms with van der Waals surface area (Å²) in [6, 6.07) is -0.876. The van der Waals surface area contributed by atoms with Crippen molar-refractivity contribution in [1.82, 2.24) is 10.2 Å². The Morgan fingerprint density at radius 2 is 2.43 bits per heavy atom. The van der Waals surface area contributed by atoms with Gasteiger partial charge in [-0.2, -0.15) is 0 Å². The second kappa shape index (κ2) is 4.41. The van der Waals surface area contributed by atoms with Gasteiger partial charge in [0.1, 0.15) is 6.04 Å². The molecule has 0 bridgehead atoms. The molecule has 0 aromatic rings. The van der Waals surface area contributed by atoms with Gasteiger partial charge >= 0.3 is 0 Å². The fourth-order valence-corrected chi connectivity index (χ4v) is 1.42. The molecule has 0 saturated carbocycles. The molecule has 1 saturated heterocycles. The van der Waals surface area contributed by atoms with E-state index >= 15 is 0 Å². The molecule has 2 atom stereocenters. The van der Waals surface area contributed by atoms with Gasteiger partial charge in [0, 0.05) is 13.6 Å². The Balaban J connectivity index is 2.45. The number of amides is 2. The van der Waals surface area contributed by atoms with Crippen molar-refractivity contribution in [2.75, 3.05) is 13.6 Å². The molecule has 1 fully saturated rings. The zero-order valence-corrected chi connectivity index (χ0v) is 8.62. The molecule has 5 heteroatoms. The van der Waals surface area contributed by atoms with Gasteiger partial charge in [-0.15, -0.1) is 0 Å². The summed E-state index contributed by atoms with van der Waals surface area (Å²) in [6.07, 6.45) is 1.26. The minimum Gasteiger partial charge on any atom is -0.344 e. The summed E-state index contributed by atoms with van der Waals surface area (Å²) in [7, 11) is 1.73. The van der Waals surface area contributed by atoms with Crippen molar-refractivity contribution in [3.8, 4) is 0 Å². The van der Waals surface area contributed by atoms with Crippen molar-refractivity contribution in [3.05, 3.63) is 0 Å². The normalized spacial score (nSPS) is 23.8. The first-order chi connectivity index (χ1) is 6.56. The standard InChI is InChI=1S/C9H17N3O2/c1-3-6(10)8(13)11-7-4-5-12(2)9(7)14/h6-7H,3-5,10H2,1-2H3,(H,11,13)/t6-,7?/m1/s1. The van der Waals surface area contributed by atoms with E-state index in [0.717, 1.165) is 0 Å². The molecule has 0 spiro atoms. The number of likely N-dealkylation sites (N-methyl/N-ethyl adjacent to an activating group) is 1. The molecule has 0 aliphatic carbocycles. The van der Waals surface area contributed by atoms with E-state index in [4.69, 9.17) is 5.73 Å². The van der Waals surface area contributed by atoms with Crippen molar-refractivity contribution >= 4 is 11.8 Å². The molecule has 2 amide bonds. The summed E-state index contributed by atoms with van der Waals surface area (Å²) in [5, 5.41) is 2.65. The fourth-order valence-electron chi connectivity index (χ4n) is 1.42. The lowest BCUT2D eigenvalue weighted by Crippen LogP contribution is -2.47. The first-order valence-corrected chi connectivity index (χ1v) is 4.87. The average Bonchev–Trinajstić information content (AvgIpc) is 2.48. The van der Waals surface area contributed by atoms with E-state index in [-0.39, 0.29) is 17.9 Å². The van der Waals surface area contributed by atoms with Gasteiger partial charge in [0.2, 0.25) is 11.8 Å². The second-order valence-electron chi connectivity index (χ2n) is 3.62. The molecule has 0 radical (unpaired) electrons. The summed E-state index contributed by atoms with van der Waals surface area (Å²) in [4.78, 5) is 24.4. The summed E-state index contributed by atoms with van der Waals surface area (Å²) < 4.78 is 0. The van der Waals surface area contributed by atoms with E-state index in [2.05, 4.69) is 5.32 Å². The number of hydrogen-bond acceptors (Lipinski definition) is 3. The third-order valence-electron chi connectivity index (χ3n) is 2.52. The number of hydrogen-bond donors (Lipinski definition) is 2. The topological polar surface area (TPSA) is 75.4 Å². The highest BCUT2D eigenvalue weighted by molar-refractivity contribution is 5.90. The molecule has 0 aromatic carbocycles. The molecule has 1 unspecified atom stereocenters. The van der Waals surface area contributed by atoms with Crippen LogP contribution in [0.25, 0.3) is 0 Å². The molecule has 0 aromatic heterocycles. The van der Waals surface area contributed by atoms with Crippen LogP contribution < -0.4 is 11.1 Å². The molecule has 1 heterocycles. The Labute approximate surface area is 83.6 Å². The predicted octanol–water partition coefficient (Wildman–Crippen LogP) is -0.929. The van der Waals surface area contributed by atoms with Crippen molar-refractivity contribution < 1.29 is 9.59 Å². The maximum Gasteiger partial charge on any atom is 0.244 e. The SMILES string of the molecule is CC[C@@H](N)C(=O)NC1CCN(C)C1=O. The minimum absolute atomic E-state index is 0.0262. The quantitative estimate of drug-likeness (QED) is 0.616. The lowest BCUT2D eigenvalue weighted by molar-refractivity contribution is -0.132. The van der Waals surface area contributed by atoms with E-state index in [1.807, 2.05) is 6.92 Å². The van der Waals surface area contributed by atoms with Gasteiger partial charge in [0.05, 0.1) is 6.04 Å². The van der Waals surface area contributed by atoms with Gasteiger partial charge in [0.15, 0.2) is 0 Å². The highest BCUT2D eigenvalue weighted by Crippen LogP contribution is 2.08. The lowest BCUT2D eigenvalue weighted by atomic mass is 10.2. The number of nitrogens with zero attached hydrogens (tertiary/aromatic N) is 1. The van der Waals surface area contributed by atoms with Crippen LogP contribution in [0.15, 0.2) is 0 Å². The molecule has 1 rings (SSSR count). The summed E-state index contributed by atoms with van der Waals surface area (Å²) >= 11 is 0. The van der Waals surface area contributed by atoms with Crippen LogP contribution >= 0.6 is 0 Å². The molecule has 3 N–H and O–H groups in total. The highest BCUT2D eigenvalue weighted by Gasteiger charge is 2.30. The van der Waals surface area contributed by atoms with Crippen molar-refractivity contribution in [2.45, 2.75) is 31.8 Å². The molecular formula is C9H17N3O2. The van der Waals surface area contributed by atoms with Crippen LogP contribution in [0.4, 0.5) is 0 Å². The van der Waals surface area contributed by atoms with Crippen LogP contribution in [0.3, 0.4) is 0 Å². The number of rotatable bonds is 3. The number of carbonyl (C=O) groups is 2. The van der Waals surface area contributed by atoms with E-state index in [9.17, 15) is 9.59 Å². The van der Waals surface area contributed by atoms with Gasteiger partial charge in [-0.25, -0.2) is 0 Å². The predicted molar refractivity (Wildman–Crippen MR) is 52.5 cm³/mol. The highest BCUT2D eigenvalue weighted by atomic mass is 16.2. The van der Waals surface area contributed by atoms with E-state index in [0.29, 0.717) is 19.4 Å². The first kappa shape index (κ1) is 11.0. The molecule has 1 aliphatic heterocycles. The third-order valence-corrected chi connectivity index (χ3v) is 2.52. The first-order valence-electron chi connectivity index (χ1n) is 4.87. The van der Waals surface area contributed by atoms with Crippen molar-refractivity contribution in [3.63, 3.8) is 0 Å². The minimum atomic E-state index is -0.506. The number of carbonyl (C=O) groups excluding carboxylic acids is 2. The number of nitrogens with one attached hydrogen (secondary N) is 1. The van der Waals surface area contributed by atoms with Crippen molar-refractivity contribution in [1.29, 1.82) is 0 Å². The maximum absolute atomic E-state index is 11.4. The number of nitrogens with two attached hydrogens (primary N) is 1. The van der Waals surface area contributed by atoms with Gasteiger partial charge < -0.3 is 16.0 Å². The van der Waals surface area contributed by atoms with Gasteiger partial charge in [-0.05, 0) is 12.8 Å². The molecule has 80 valence electrons. The van der Waals surface area contributed by atoms with Gasteiger partial charge in [-0.3, -0.25) is 9.59 Å². The van der Waals surface area contributed by atoms with Crippen LogP contribution in [0, 0.1) is 0 Å². The zero-order valence-electron chi connectivity index (χ0n) is 8.62. The van der Waals surface area contributed by atoms with Crippen molar-refractivity contribution in [2.24, 2.45) is 5.73 Å². The van der Waals surface area contributed by atoms with Crippen LogP contribution in [0.5, 0.6) is 0 Å². The average molecular weight is 199 g/mol. The van der Waals surface area contributed by atoms with Crippen LogP contribution in [0.2, 0.25) is 0 Å². The number of likely N-dealkylation sites (tertiary alicyclic amines) is 1. The van der Waals surface area contributed by atoms with E-state index < -0.39 is 6.04 Å². The van der Waals surface area contributed by atoms with Gasteiger partial charge in [0.25, 0.3) is 0 Å². The molecule has 1 aliphatic rings. The Morgan fingerprint density at radius 1 is 1.79 bits per heavy atom. The Hall–Kier alpha value is -1.10.